The average molecular weight is 290 g/mol. The van der Waals surface area contributed by atoms with E-state index < -0.39 is 0 Å². The van der Waals surface area contributed by atoms with E-state index in [4.69, 9.17) is 0 Å². The molecular formula is C20H19P. The van der Waals surface area contributed by atoms with Crippen LogP contribution in [-0.2, 0) is 0 Å². The Morgan fingerprint density at radius 3 is 1.76 bits per heavy atom. The number of aryl methyl sites for hydroxylation is 2. The molecule has 0 heterocycles. The van der Waals surface area contributed by atoms with Crippen LogP contribution in [-0.4, -0.2) is 0 Å². The Kier molecular flexibility index (Phi) is 3.90. The zero-order valence-corrected chi connectivity index (χ0v) is 13.6. The molecule has 21 heavy (non-hydrogen) atoms. The van der Waals surface area contributed by atoms with E-state index in [-0.39, 0.29) is 0 Å². The highest BCUT2D eigenvalue weighted by Crippen LogP contribution is 2.27. The van der Waals surface area contributed by atoms with Crippen LogP contribution < -0.4 is 5.30 Å². The third-order valence-electron chi connectivity index (χ3n) is 3.66. The van der Waals surface area contributed by atoms with E-state index in [1.165, 1.54) is 38.7 Å². The van der Waals surface area contributed by atoms with Gasteiger partial charge in [0.1, 0.15) is 0 Å². The highest BCUT2D eigenvalue weighted by molar-refractivity contribution is 7.27. The van der Waals surface area contributed by atoms with Crippen molar-refractivity contribution in [3.05, 3.63) is 77.9 Å². The van der Waals surface area contributed by atoms with Gasteiger partial charge < -0.3 is 0 Å². The third-order valence-corrected chi connectivity index (χ3v) is 4.05. The molecule has 0 fully saturated rings. The van der Waals surface area contributed by atoms with Crippen LogP contribution in [0.3, 0.4) is 0 Å². The van der Waals surface area contributed by atoms with Crippen molar-refractivity contribution >= 4 is 14.5 Å². The normalized spacial score (nSPS) is 10.6. The molecule has 0 amide bonds. The van der Waals surface area contributed by atoms with E-state index in [0.717, 1.165) is 0 Å². The zero-order chi connectivity index (χ0) is 14.8. The fraction of sp³-hybridized carbons (Fsp3) is 0.100. The minimum absolute atomic E-state index is 1.21. The Hall–Kier alpha value is -1.91. The molecule has 1 unspecified atom stereocenters. The lowest BCUT2D eigenvalue weighted by Gasteiger charge is -2.08. The molecule has 0 saturated carbocycles. The molecule has 0 bridgehead atoms. The number of benzene rings is 3. The van der Waals surface area contributed by atoms with Gasteiger partial charge in [0.05, 0.1) is 0 Å². The van der Waals surface area contributed by atoms with Gasteiger partial charge in [-0.1, -0.05) is 71.8 Å². The largest absolute Gasteiger partial charge is 0.106 e. The van der Waals surface area contributed by atoms with Crippen LogP contribution in [0, 0.1) is 13.8 Å². The molecule has 3 rings (SSSR count). The molecule has 0 aliphatic rings. The van der Waals surface area contributed by atoms with Gasteiger partial charge in [-0.2, -0.15) is 0 Å². The maximum absolute atomic E-state index is 2.73. The molecule has 0 spiro atoms. The fourth-order valence-corrected chi connectivity index (χ4v) is 2.89. The monoisotopic (exact) mass is 290 g/mol. The molecule has 3 aromatic rings. The van der Waals surface area contributed by atoms with Crippen LogP contribution in [0.4, 0.5) is 0 Å². The van der Waals surface area contributed by atoms with Crippen LogP contribution >= 0.6 is 9.24 Å². The SMILES string of the molecule is Cc1cc(C)cc(-c2cccc(-c3ccc(P)cc3)c2)c1. The van der Waals surface area contributed by atoms with E-state index in [0.29, 0.717) is 0 Å². The topological polar surface area (TPSA) is 0 Å². The smallest absolute Gasteiger partial charge is 0.0178 e. The summed E-state index contributed by atoms with van der Waals surface area (Å²) in [6.07, 6.45) is 0. The van der Waals surface area contributed by atoms with Crippen molar-refractivity contribution < 1.29 is 0 Å². The van der Waals surface area contributed by atoms with Gasteiger partial charge in [-0.3, -0.25) is 0 Å². The molecular weight excluding hydrogens is 271 g/mol. The zero-order valence-electron chi connectivity index (χ0n) is 12.4. The van der Waals surface area contributed by atoms with Gasteiger partial charge in [0.2, 0.25) is 0 Å². The van der Waals surface area contributed by atoms with Crippen molar-refractivity contribution in [1.82, 2.24) is 0 Å². The number of hydrogen-bond acceptors (Lipinski definition) is 0. The van der Waals surface area contributed by atoms with Gasteiger partial charge in [-0.05, 0) is 47.5 Å². The van der Waals surface area contributed by atoms with Crippen LogP contribution in [0.2, 0.25) is 0 Å². The Labute approximate surface area is 129 Å². The summed E-state index contributed by atoms with van der Waals surface area (Å²) in [5, 5.41) is 1.21. The summed E-state index contributed by atoms with van der Waals surface area (Å²) < 4.78 is 0. The minimum Gasteiger partial charge on any atom is -0.106 e. The quantitative estimate of drug-likeness (QED) is 0.573. The lowest BCUT2D eigenvalue weighted by atomic mass is 9.97. The molecule has 1 atom stereocenters. The number of hydrogen-bond donors (Lipinski definition) is 0. The molecule has 0 radical (unpaired) electrons. The predicted molar refractivity (Wildman–Crippen MR) is 96.1 cm³/mol. The first-order valence-electron chi connectivity index (χ1n) is 7.16. The molecule has 0 nitrogen and oxygen atoms in total. The summed E-state index contributed by atoms with van der Waals surface area (Å²) in [6.45, 7) is 4.30. The Bertz CT molecular complexity index is 750. The van der Waals surface area contributed by atoms with E-state index >= 15 is 0 Å². The highest BCUT2D eigenvalue weighted by Gasteiger charge is 2.03. The summed E-state index contributed by atoms with van der Waals surface area (Å²) in [5.74, 6) is 0. The molecule has 0 aliphatic carbocycles. The Balaban J connectivity index is 2.05. The molecule has 0 saturated heterocycles. The Morgan fingerprint density at radius 2 is 1.14 bits per heavy atom. The van der Waals surface area contributed by atoms with Gasteiger partial charge >= 0.3 is 0 Å². The van der Waals surface area contributed by atoms with Crippen LogP contribution in [0.1, 0.15) is 11.1 Å². The van der Waals surface area contributed by atoms with Crippen molar-refractivity contribution in [2.75, 3.05) is 0 Å². The molecule has 1 heteroatoms. The lowest BCUT2D eigenvalue weighted by Crippen LogP contribution is -1.88. The summed E-state index contributed by atoms with van der Waals surface area (Å²) in [4.78, 5) is 0. The predicted octanol–water partition coefficient (Wildman–Crippen LogP) is 5.14. The summed E-state index contributed by atoms with van der Waals surface area (Å²) in [5.41, 5.74) is 7.70. The molecule has 3 aromatic carbocycles. The maximum atomic E-state index is 2.73. The third kappa shape index (κ3) is 3.23. The van der Waals surface area contributed by atoms with Crippen LogP contribution in [0.5, 0.6) is 0 Å². The van der Waals surface area contributed by atoms with Gasteiger partial charge in [0.25, 0.3) is 0 Å². The van der Waals surface area contributed by atoms with E-state index in [1.54, 1.807) is 0 Å². The first kappa shape index (κ1) is 14.0. The van der Waals surface area contributed by atoms with Crippen LogP contribution in [0.15, 0.2) is 66.7 Å². The van der Waals surface area contributed by atoms with E-state index in [1.807, 2.05) is 0 Å². The second kappa shape index (κ2) is 5.84. The van der Waals surface area contributed by atoms with Gasteiger partial charge in [0, 0.05) is 0 Å². The van der Waals surface area contributed by atoms with Gasteiger partial charge in [-0.25, -0.2) is 0 Å². The average Bonchev–Trinajstić information content (AvgIpc) is 2.47. The Morgan fingerprint density at radius 1 is 0.571 bits per heavy atom. The maximum Gasteiger partial charge on any atom is -0.0178 e. The van der Waals surface area contributed by atoms with Crippen molar-refractivity contribution in [3.8, 4) is 22.3 Å². The molecule has 0 aliphatic heterocycles. The number of rotatable bonds is 2. The van der Waals surface area contributed by atoms with Crippen molar-refractivity contribution in [3.63, 3.8) is 0 Å². The standard InChI is InChI=1S/C20H19P/c1-14-10-15(2)12-19(11-14)18-5-3-4-17(13-18)16-6-8-20(21)9-7-16/h3-13H,21H2,1-2H3. The summed E-state index contributed by atoms with van der Waals surface area (Å²) >= 11 is 0. The molecule has 104 valence electrons. The van der Waals surface area contributed by atoms with Gasteiger partial charge in [0.15, 0.2) is 0 Å². The summed E-state index contributed by atoms with van der Waals surface area (Å²) in [7, 11) is 2.73. The first-order chi connectivity index (χ1) is 10.1. The molecule has 0 aromatic heterocycles. The fourth-order valence-electron chi connectivity index (χ4n) is 2.70. The first-order valence-corrected chi connectivity index (χ1v) is 7.74. The van der Waals surface area contributed by atoms with Crippen molar-refractivity contribution in [2.45, 2.75) is 13.8 Å². The van der Waals surface area contributed by atoms with E-state index in [2.05, 4.69) is 89.8 Å². The van der Waals surface area contributed by atoms with Gasteiger partial charge in [-0.15, -0.1) is 9.24 Å². The second-order valence-corrected chi connectivity index (χ2v) is 6.25. The molecule has 0 N–H and O–H groups in total. The van der Waals surface area contributed by atoms with E-state index in [9.17, 15) is 0 Å². The van der Waals surface area contributed by atoms with Crippen LogP contribution in [0.25, 0.3) is 22.3 Å². The van der Waals surface area contributed by atoms with Crippen molar-refractivity contribution in [1.29, 1.82) is 0 Å². The highest BCUT2D eigenvalue weighted by atomic mass is 31.0. The summed E-state index contributed by atoms with van der Waals surface area (Å²) in [6, 6.07) is 24.1. The van der Waals surface area contributed by atoms with Crippen molar-refractivity contribution in [2.24, 2.45) is 0 Å². The minimum atomic E-state index is 1.21. The lowest BCUT2D eigenvalue weighted by molar-refractivity contribution is 1.38. The second-order valence-electron chi connectivity index (χ2n) is 5.58.